The van der Waals surface area contributed by atoms with Gasteiger partial charge in [-0.15, -0.1) is 11.3 Å². The predicted octanol–water partition coefficient (Wildman–Crippen LogP) is 4.23. The van der Waals surface area contributed by atoms with Gasteiger partial charge in [0.25, 0.3) is 0 Å². The van der Waals surface area contributed by atoms with Crippen molar-refractivity contribution < 1.29 is 4.74 Å². The Hall–Kier alpha value is -2.73. The van der Waals surface area contributed by atoms with Gasteiger partial charge in [-0.05, 0) is 42.8 Å². The molecule has 4 aromatic rings. The Morgan fingerprint density at radius 1 is 1.17 bits per heavy atom. The predicted molar refractivity (Wildman–Crippen MR) is 90.4 cm³/mol. The fourth-order valence-electron chi connectivity index (χ4n) is 2.34. The van der Waals surface area contributed by atoms with Crippen LogP contribution in [0.4, 0.5) is 0 Å². The first-order valence-electron chi connectivity index (χ1n) is 7.35. The summed E-state index contributed by atoms with van der Waals surface area (Å²) in [7, 11) is 0. The number of rotatable bonds is 4. The van der Waals surface area contributed by atoms with Crippen LogP contribution < -0.4 is 4.74 Å². The first-order chi connectivity index (χ1) is 11.3. The number of thiophene rings is 1. The van der Waals surface area contributed by atoms with Crippen molar-refractivity contribution in [2.24, 2.45) is 0 Å². The van der Waals surface area contributed by atoms with Gasteiger partial charge in [-0.3, -0.25) is 0 Å². The van der Waals surface area contributed by atoms with Gasteiger partial charge < -0.3 is 4.74 Å². The highest BCUT2D eigenvalue weighted by Crippen LogP contribution is 2.32. The minimum absolute atomic E-state index is 0.595. The van der Waals surface area contributed by atoms with Gasteiger partial charge in [0, 0.05) is 17.3 Å². The Balaban J connectivity index is 1.64. The molecule has 114 valence electrons. The Bertz CT molecular complexity index is 929. The molecule has 0 fully saturated rings. The normalized spacial score (nSPS) is 11.0. The van der Waals surface area contributed by atoms with Crippen molar-refractivity contribution in [1.82, 2.24) is 19.7 Å². The van der Waals surface area contributed by atoms with Crippen LogP contribution in [0.5, 0.6) is 11.6 Å². The summed E-state index contributed by atoms with van der Waals surface area (Å²) in [5.41, 5.74) is 0.985. The van der Waals surface area contributed by atoms with Crippen LogP contribution in [0.3, 0.4) is 0 Å². The lowest BCUT2D eigenvalue weighted by atomic mass is 10.3. The number of aryl methyl sites for hydroxylation is 1. The number of ether oxygens (including phenoxy) is 1. The van der Waals surface area contributed by atoms with Gasteiger partial charge in [0.1, 0.15) is 16.9 Å². The molecular formula is C17H14N4OS. The van der Waals surface area contributed by atoms with Crippen molar-refractivity contribution in [1.29, 1.82) is 0 Å². The number of hydrogen-bond donors (Lipinski definition) is 0. The van der Waals surface area contributed by atoms with E-state index in [-0.39, 0.29) is 0 Å². The number of nitrogens with zero attached hydrogens (tertiary/aromatic N) is 4. The first kappa shape index (κ1) is 13.9. The summed E-state index contributed by atoms with van der Waals surface area (Å²) in [4.78, 5) is 10.8. The van der Waals surface area contributed by atoms with E-state index in [1.807, 2.05) is 36.5 Å². The fourth-order valence-corrected chi connectivity index (χ4v) is 3.26. The Morgan fingerprint density at radius 2 is 2.04 bits per heavy atom. The fraction of sp³-hybridized carbons (Fsp3) is 0.118. The van der Waals surface area contributed by atoms with Crippen LogP contribution >= 0.6 is 11.3 Å². The number of benzene rings is 1. The lowest BCUT2D eigenvalue weighted by Gasteiger charge is -2.06. The van der Waals surface area contributed by atoms with E-state index in [1.165, 1.54) is 4.88 Å². The van der Waals surface area contributed by atoms with Crippen molar-refractivity contribution in [2.75, 3.05) is 0 Å². The number of hydrogen-bond acceptors (Lipinski definition) is 5. The van der Waals surface area contributed by atoms with Gasteiger partial charge in [-0.2, -0.15) is 5.10 Å². The summed E-state index contributed by atoms with van der Waals surface area (Å²) >= 11 is 1.68. The summed E-state index contributed by atoms with van der Waals surface area (Å²) in [5, 5.41) is 5.17. The second-order valence-electron chi connectivity index (χ2n) is 5.01. The molecule has 0 saturated heterocycles. The van der Waals surface area contributed by atoms with E-state index in [4.69, 9.17) is 4.74 Å². The highest BCUT2D eigenvalue weighted by Gasteiger charge is 2.10. The molecule has 0 saturated carbocycles. The zero-order chi connectivity index (χ0) is 15.6. The Morgan fingerprint density at radius 3 is 2.78 bits per heavy atom. The molecule has 3 heterocycles. The SMILES string of the molecule is CCc1cc2c(Oc3ccc(-n4cccn4)cc3)ncnc2s1. The second kappa shape index (κ2) is 5.81. The summed E-state index contributed by atoms with van der Waals surface area (Å²) in [5.74, 6) is 1.34. The molecule has 0 amide bonds. The molecule has 0 spiro atoms. The molecule has 4 rings (SSSR count). The molecule has 0 atom stereocenters. The standard InChI is InChI=1S/C17H14N4OS/c1-2-14-10-15-16(18-11-19-17(15)23-14)22-13-6-4-12(5-7-13)21-9-3-8-20-21/h3-11H,2H2,1H3. The average Bonchev–Trinajstić information content (AvgIpc) is 3.25. The summed E-state index contributed by atoms with van der Waals surface area (Å²) in [6, 6.07) is 11.8. The molecule has 0 unspecified atom stereocenters. The smallest absolute Gasteiger partial charge is 0.231 e. The van der Waals surface area contributed by atoms with E-state index in [9.17, 15) is 0 Å². The van der Waals surface area contributed by atoms with E-state index in [0.717, 1.165) is 28.1 Å². The van der Waals surface area contributed by atoms with Crippen molar-refractivity contribution in [3.8, 4) is 17.3 Å². The quantitative estimate of drug-likeness (QED) is 0.564. The van der Waals surface area contributed by atoms with Crippen LogP contribution in [0, 0.1) is 0 Å². The number of fused-ring (bicyclic) bond motifs is 1. The van der Waals surface area contributed by atoms with Crippen molar-refractivity contribution in [2.45, 2.75) is 13.3 Å². The van der Waals surface area contributed by atoms with Crippen LogP contribution in [0.2, 0.25) is 0 Å². The van der Waals surface area contributed by atoms with Gasteiger partial charge in [0.15, 0.2) is 0 Å². The van der Waals surface area contributed by atoms with E-state index in [2.05, 4.69) is 28.1 Å². The van der Waals surface area contributed by atoms with E-state index in [1.54, 1.807) is 28.5 Å². The topological polar surface area (TPSA) is 52.8 Å². The van der Waals surface area contributed by atoms with Crippen molar-refractivity contribution >= 4 is 21.6 Å². The highest BCUT2D eigenvalue weighted by atomic mass is 32.1. The lowest BCUT2D eigenvalue weighted by Crippen LogP contribution is -1.94. The maximum Gasteiger partial charge on any atom is 0.231 e. The molecule has 0 radical (unpaired) electrons. The van der Waals surface area contributed by atoms with Crippen molar-refractivity contribution in [3.63, 3.8) is 0 Å². The third-order valence-corrected chi connectivity index (χ3v) is 4.70. The molecule has 0 aliphatic heterocycles. The van der Waals surface area contributed by atoms with Crippen LogP contribution in [0.1, 0.15) is 11.8 Å². The molecule has 23 heavy (non-hydrogen) atoms. The van der Waals surface area contributed by atoms with E-state index >= 15 is 0 Å². The van der Waals surface area contributed by atoms with Crippen LogP contribution in [0.25, 0.3) is 15.9 Å². The maximum absolute atomic E-state index is 5.95. The van der Waals surface area contributed by atoms with Crippen LogP contribution in [-0.2, 0) is 6.42 Å². The first-order valence-corrected chi connectivity index (χ1v) is 8.16. The summed E-state index contributed by atoms with van der Waals surface area (Å²) < 4.78 is 7.75. The number of aromatic nitrogens is 4. The molecule has 0 bridgehead atoms. The minimum atomic E-state index is 0.595. The Kier molecular flexibility index (Phi) is 3.51. The zero-order valence-corrected chi connectivity index (χ0v) is 13.3. The lowest BCUT2D eigenvalue weighted by molar-refractivity contribution is 0.468. The van der Waals surface area contributed by atoms with Gasteiger partial charge >= 0.3 is 0 Å². The summed E-state index contributed by atoms with van der Waals surface area (Å²) in [6.07, 6.45) is 6.19. The molecule has 0 aliphatic rings. The highest BCUT2D eigenvalue weighted by molar-refractivity contribution is 7.18. The molecule has 3 aromatic heterocycles. The van der Waals surface area contributed by atoms with Crippen LogP contribution in [0.15, 0.2) is 55.1 Å². The monoisotopic (exact) mass is 322 g/mol. The minimum Gasteiger partial charge on any atom is -0.438 e. The second-order valence-corrected chi connectivity index (χ2v) is 6.13. The zero-order valence-electron chi connectivity index (χ0n) is 12.5. The molecule has 5 nitrogen and oxygen atoms in total. The van der Waals surface area contributed by atoms with E-state index < -0.39 is 0 Å². The maximum atomic E-state index is 5.95. The molecule has 0 N–H and O–H groups in total. The van der Waals surface area contributed by atoms with Gasteiger partial charge in [-0.1, -0.05) is 6.92 Å². The molecule has 1 aromatic carbocycles. The van der Waals surface area contributed by atoms with Gasteiger partial charge in [0.05, 0.1) is 11.1 Å². The largest absolute Gasteiger partial charge is 0.438 e. The van der Waals surface area contributed by atoms with Crippen LogP contribution in [-0.4, -0.2) is 19.7 Å². The average molecular weight is 322 g/mol. The third-order valence-electron chi connectivity index (χ3n) is 3.51. The third kappa shape index (κ3) is 2.68. The van der Waals surface area contributed by atoms with Crippen molar-refractivity contribution in [3.05, 3.63) is 60.0 Å². The van der Waals surface area contributed by atoms with E-state index in [0.29, 0.717) is 5.88 Å². The van der Waals surface area contributed by atoms with Gasteiger partial charge in [0.2, 0.25) is 5.88 Å². The van der Waals surface area contributed by atoms with Gasteiger partial charge in [-0.25, -0.2) is 14.6 Å². The molecular weight excluding hydrogens is 308 g/mol. The summed E-state index contributed by atoms with van der Waals surface area (Å²) in [6.45, 7) is 2.13. The molecule has 6 heteroatoms. The Labute approximate surface area is 137 Å². The molecule has 0 aliphatic carbocycles.